The Hall–Kier alpha value is -2.95. The molecule has 112 valence electrons. The quantitative estimate of drug-likeness (QED) is 0.852. The molecule has 0 spiro atoms. The molecule has 8 nitrogen and oxygen atoms in total. The van der Waals surface area contributed by atoms with Gasteiger partial charge in [-0.05, 0) is 25.0 Å². The van der Waals surface area contributed by atoms with E-state index in [4.69, 9.17) is 5.26 Å². The molecule has 3 heterocycles. The van der Waals surface area contributed by atoms with Gasteiger partial charge in [0.15, 0.2) is 5.69 Å². The second-order valence-electron chi connectivity index (χ2n) is 5.08. The van der Waals surface area contributed by atoms with Crippen LogP contribution in [0.5, 0.6) is 0 Å². The summed E-state index contributed by atoms with van der Waals surface area (Å²) in [4.78, 5) is 18.3. The zero-order valence-electron chi connectivity index (χ0n) is 11.9. The summed E-state index contributed by atoms with van der Waals surface area (Å²) in [7, 11) is 0. The molecule has 3 rings (SSSR count). The lowest BCUT2D eigenvalue weighted by atomic mass is 10.0. The molecule has 0 aromatic carbocycles. The zero-order valence-corrected chi connectivity index (χ0v) is 11.9. The summed E-state index contributed by atoms with van der Waals surface area (Å²) in [6.45, 7) is 1.49. The molecule has 2 aromatic rings. The van der Waals surface area contributed by atoms with Gasteiger partial charge in [-0.1, -0.05) is 0 Å². The molecule has 0 bridgehead atoms. The van der Waals surface area contributed by atoms with Gasteiger partial charge >= 0.3 is 0 Å². The van der Waals surface area contributed by atoms with Crippen LogP contribution in [0.15, 0.2) is 24.5 Å². The van der Waals surface area contributed by atoms with E-state index >= 15 is 0 Å². The highest BCUT2D eigenvalue weighted by Gasteiger charge is 2.23. The second kappa shape index (κ2) is 6.22. The molecule has 1 aliphatic rings. The fourth-order valence-corrected chi connectivity index (χ4v) is 2.54. The largest absolute Gasteiger partial charge is 0.355 e. The van der Waals surface area contributed by atoms with E-state index in [1.54, 1.807) is 18.3 Å². The maximum Gasteiger partial charge on any atom is 0.273 e. The number of piperidine rings is 1. The monoisotopic (exact) mass is 297 g/mol. The minimum Gasteiger partial charge on any atom is -0.355 e. The lowest BCUT2D eigenvalue weighted by molar-refractivity contribution is 0.0926. The average Bonchev–Trinajstić information content (AvgIpc) is 3.10. The maximum absolute atomic E-state index is 11.9. The maximum atomic E-state index is 11.9. The van der Waals surface area contributed by atoms with Gasteiger partial charge in [-0.2, -0.15) is 20.7 Å². The first-order valence-corrected chi connectivity index (χ1v) is 7.04. The summed E-state index contributed by atoms with van der Waals surface area (Å²) in [5.74, 6) is 0.494. The number of amides is 1. The van der Waals surface area contributed by atoms with Crippen LogP contribution in [-0.4, -0.2) is 45.4 Å². The highest BCUT2D eigenvalue weighted by atomic mass is 16.2. The van der Waals surface area contributed by atoms with Crippen molar-refractivity contribution in [2.45, 2.75) is 18.9 Å². The van der Waals surface area contributed by atoms with Gasteiger partial charge in [0, 0.05) is 25.3 Å². The first kappa shape index (κ1) is 14.0. The van der Waals surface area contributed by atoms with E-state index in [1.807, 2.05) is 0 Å². The first-order valence-electron chi connectivity index (χ1n) is 7.04. The van der Waals surface area contributed by atoms with Gasteiger partial charge in [0.25, 0.3) is 5.91 Å². The number of rotatable bonds is 3. The van der Waals surface area contributed by atoms with Crippen LogP contribution in [0.25, 0.3) is 0 Å². The van der Waals surface area contributed by atoms with Crippen molar-refractivity contribution in [3.8, 4) is 6.07 Å². The van der Waals surface area contributed by atoms with Gasteiger partial charge in [0.05, 0.1) is 11.8 Å². The van der Waals surface area contributed by atoms with Gasteiger partial charge in [-0.3, -0.25) is 4.79 Å². The van der Waals surface area contributed by atoms with E-state index in [-0.39, 0.29) is 11.9 Å². The lowest BCUT2D eigenvalue weighted by Gasteiger charge is -2.33. The molecule has 2 N–H and O–H groups in total. The second-order valence-corrected chi connectivity index (χ2v) is 5.08. The number of aromatic amines is 1. The van der Waals surface area contributed by atoms with Crippen LogP contribution < -0.4 is 10.2 Å². The van der Waals surface area contributed by atoms with Gasteiger partial charge in [-0.25, -0.2) is 4.98 Å². The summed E-state index contributed by atoms with van der Waals surface area (Å²) >= 11 is 0. The number of aromatic nitrogens is 4. The van der Waals surface area contributed by atoms with E-state index in [9.17, 15) is 4.79 Å². The van der Waals surface area contributed by atoms with Crippen molar-refractivity contribution in [1.82, 2.24) is 25.7 Å². The third-order valence-corrected chi connectivity index (χ3v) is 3.68. The van der Waals surface area contributed by atoms with E-state index in [1.165, 1.54) is 6.20 Å². The molecule has 8 heteroatoms. The Balaban J connectivity index is 1.59. The predicted octanol–water partition coefficient (Wildman–Crippen LogP) is 0.470. The lowest BCUT2D eigenvalue weighted by Crippen LogP contribution is -2.45. The highest BCUT2D eigenvalue weighted by molar-refractivity contribution is 5.92. The molecule has 0 unspecified atom stereocenters. The number of nitrogens with zero attached hydrogens (tertiary/aromatic N) is 5. The fraction of sp³-hybridized carbons (Fsp3) is 0.357. The Morgan fingerprint density at radius 1 is 1.45 bits per heavy atom. The molecule has 1 fully saturated rings. The number of hydrogen-bond acceptors (Lipinski definition) is 6. The van der Waals surface area contributed by atoms with Crippen molar-refractivity contribution >= 4 is 11.7 Å². The highest BCUT2D eigenvalue weighted by Crippen LogP contribution is 2.21. The van der Waals surface area contributed by atoms with Crippen molar-refractivity contribution in [3.05, 3.63) is 35.8 Å². The van der Waals surface area contributed by atoms with Crippen molar-refractivity contribution in [2.24, 2.45) is 0 Å². The molecule has 2 aromatic heterocycles. The van der Waals surface area contributed by atoms with Crippen molar-refractivity contribution in [2.75, 3.05) is 18.0 Å². The number of nitriles is 1. The first-order chi connectivity index (χ1) is 10.8. The minimum absolute atomic E-state index is 0.0923. The standard InChI is InChI=1S/C14H15N7O/c15-8-10-2-1-5-16-13(10)21-6-3-11(4-7-21)18-14(22)12-9-17-20-19-12/h1-2,5,9,11H,3-4,6-7H2,(H,18,22)(H,17,19,20). The summed E-state index contributed by atoms with van der Waals surface area (Å²) in [5.41, 5.74) is 0.867. The van der Waals surface area contributed by atoms with Gasteiger partial charge in [0.2, 0.25) is 0 Å². The van der Waals surface area contributed by atoms with Crippen molar-refractivity contribution < 1.29 is 4.79 Å². The van der Waals surface area contributed by atoms with Gasteiger partial charge < -0.3 is 10.2 Å². The molecule has 0 atom stereocenters. The van der Waals surface area contributed by atoms with Crippen LogP contribution in [0.3, 0.4) is 0 Å². The van der Waals surface area contributed by atoms with Crippen LogP contribution in [0.2, 0.25) is 0 Å². The number of nitrogens with one attached hydrogen (secondary N) is 2. The van der Waals surface area contributed by atoms with Crippen LogP contribution in [0, 0.1) is 11.3 Å². The van der Waals surface area contributed by atoms with Crippen LogP contribution in [0.4, 0.5) is 5.82 Å². The van der Waals surface area contributed by atoms with Crippen LogP contribution in [-0.2, 0) is 0 Å². The van der Waals surface area contributed by atoms with Crippen LogP contribution in [0.1, 0.15) is 28.9 Å². The molecular formula is C14H15N7O. The van der Waals surface area contributed by atoms with Crippen LogP contribution >= 0.6 is 0 Å². The number of H-pyrrole nitrogens is 1. The molecule has 1 amide bonds. The molecule has 1 aliphatic heterocycles. The predicted molar refractivity (Wildman–Crippen MR) is 78.0 cm³/mol. The molecule has 0 radical (unpaired) electrons. The zero-order chi connectivity index (χ0) is 15.4. The molecule has 22 heavy (non-hydrogen) atoms. The Kier molecular flexibility index (Phi) is 3.96. The Bertz CT molecular complexity index is 683. The smallest absolute Gasteiger partial charge is 0.273 e. The number of hydrogen-bond donors (Lipinski definition) is 2. The fourth-order valence-electron chi connectivity index (χ4n) is 2.54. The topological polar surface area (TPSA) is 111 Å². The number of carbonyl (C=O) groups excluding carboxylic acids is 1. The van der Waals surface area contributed by atoms with E-state index < -0.39 is 0 Å². The molecule has 0 saturated carbocycles. The number of pyridine rings is 1. The van der Waals surface area contributed by atoms with E-state index in [0.717, 1.165) is 25.9 Å². The molecule has 1 saturated heterocycles. The van der Waals surface area contributed by atoms with E-state index in [2.05, 4.69) is 36.7 Å². The third-order valence-electron chi connectivity index (χ3n) is 3.68. The molecule has 0 aliphatic carbocycles. The van der Waals surface area contributed by atoms with Crippen molar-refractivity contribution in [1.29, 1.82) is 5.26 Å². The minimum atomic E-state index is -0.220. The summed E-state index contributed by atoms with van der Waals surface area (Å²) in [6, 6.07) is 5.78. The normalized spacial score (nSPS) is 15.3. The Morgan fingerprint density at radius 2 is 2.27 bits per heavy atom. The third kappa shape index (κ3) is 2.88. The summed E-state index contributed by atoms with van der Waals surface area (Å²) in [5, 5.41) is 21.9. The average molecular weight is 297 g/mol. The van der Waals surface area contributed by atoms with Crippen molar-refractivity contribution in [3.63, 3.8) is 0 Å². The number of carbonyl (C=O) groups is 1. The van der Waals surface area contributed by atoms with E-state index in [0.29, 0.717) is 17.1 Å². The van der Waals surface area contributed by atoms with Gasteiger partial charge in [0.1, 0.15) is 11.9 Å². The summed E-state index contributed by atoms with van der Waals surface area (Å²) < 4.78 is 0. The Labute approximate surface area is 127 Å². The Morgan fingerprint density at radius 3 is 2.95 bits per heavy atom. The number of anilines is 1. The SMILES string of the molecule is N#Cc1cccnc1N1CCC(NC(=O)c2cn[nH]n2)CC1. The molecular weight excluding hydrogens is 282 g/mol. The summed E-state index contributed by atoms with van der Waals surface area (Å²) in [6.07, 6.45) is 4.68. The van der Waals surface area contributed by atoms with Gasteiger partial charge in [-0.15, -0.1) is 0 Å².